The molecule has 118 valence electrons. The molecule has 1 atom stereocenters. The van der Waals surface area contributed by atoms with Crippen molar-refractivity contribution in [3.63, 3.8) is 0 Å². The van der Waals surface area contributed by atoms with Crippen LogP contribution in [0.1, 0.15) is 12.5 Å². The summed E-state index contributed by atoms with van der Waals surface area (Å²) in [5.74, 6) is 0.611. The molecule has 3 rings (SSSR count). The fourth-order valence-electron chi connectivity index (χ4n) is 2.41. The highest BCUT2D eigenvalue weighted by Crippen LogP contribution is 2.18. The van der Waals surface area contributed by atoms with Crippen molar-refractivity contribution < 1.29 is 4.79 Å². The van der Waals surface area contributed by atoms with Gasteiger partial charge in [0.1, 0.15) is 0 Å². The normalized spacial score (nSPS) is 15.5. The standard InChI is InChI=1S/C16H20N4O.ClH/c1-12(14-9-17-10-14)16(21)19-15-5-3-13(4-6-15)11-20-8-2-7-18-20;/h2-8,12,14,17H,9-11H2,1H3,(H,19,21);1H. The summed E-state index contributed by atoms with van der Waals surface area (Å²) < 4.78 is 1.87. The minimum Gasteiger partial charge on any atom is -0.326 e. The fraction of sp³-hybridized carbons (Fsp3) is 0.375. The lowest BCUT2D eigenvalue weighted by Gasteiger charge is -2.31. The Bertz CT molecular complexity index is 593. The smallest absolute Gasteiger partial charge is 0.227 e. The molecule has 1 aromatic heterocycles. The molecule has 0 aliphatic carbocycles. The number of aromatic nitrogens is 2. The first kappa shape index (κ1) is 16.5. The molecule has 5 nitrogen and oxygen atoms in total. The van der Waals surface area contributed by atoms with Crippen LogP contribution in [0.2, 0.25) is 0 Å². The number of benzene rings is 1. The van der Waals surface area contributed by atoms with Gasteiger partial charge in [-0.15, -0.1) is 12.4 Å². The summed E-state index contributed by atoms with van der Waals surface area (Å²) in [5, 5.41) is 10.4. The van der Waals surface area contributed by atoms with Crippen LogP contribution in [-0.4, -0.2) is 28.8 Å². The molecule has 1 aliphatic rings. The maximum Gasteiger partial charge on any atom is 0.227 e. The Morgan fingerprint density at radius 1 is 1.41 bits per heavy atom. The Kier molecular flexibility index (Phi) is 5.57. The van der Waals surface area contributed by atoms with Crippen LogP contribution in [0.4, 0.5) is 5.69 Å². The van der Waals surface area contributed by atoms with Crippen LogP contribution in [0.5, 0.6) is 0 Å². The number of nitrogens with one attached hydrogen (secondary N) is 2. The van der Waals surface area contributed by atoms with Crippen molar-refractivity contribution in [3.05, 3.63) is 48.3 Å². The third kappa shape index (κ3) is 3.87. The van der Waals surface area contributed by atoms with E-state index in [9.17, 15) is 4.79 Å². The fourth-order valence-corrected chi connectivity index (χ4v) is 2.41. The first-order valence-electron chi connectivity index (χ1n) is 7.30. The Hall–Kier alpha value is -1.85. The molecule has 1 amide bonds. The van der Waals surface area contributed by atoms with Gasteiger partial charge < -0.3 is 10.6 Å². The van der Waals surface area contributed by atoms with E-state index in [2.05, 4.69) is 15.7 Å². The SMILES string of the molecule is CC(C(=O)Nc1ccc(Cn2cccn2)cc1)C1CNC1.Cl. The van der Waals surface area contributed by atoms with Gasteiger partial charge in [-0.1, -0.05) is 19.1 Å². The molecule has 1 aromatic carbocycles. The second-order valence-electron chi connectivity index (χ2n) is 5.60. The molecule has 2 N–H and O–H groups in total. The monoisotopic (exact) mass is 320 g/mol. The number of carbonyl (C=O) groups excluding carboxylic acids is 1. The zero-order valence-corrected chi connectivity index (χ0v) is 13.3. The average molecular weight is 321 g/mol. The van der Waals surface area contributed by atoms with Crippen LogP contribution in [-0.2, 0) is 11.3 Å². The first-order chi connectivity index (χ1) is 10.2. The Balaban J connectivity index is 0.00000176. The third-order valence-corrected chi connectivity index (χ3v) is 4.06. The van der Waals surface area contributed by atoms with Crippen LogP contribution in [0.15, 0.2) is 42.7 Å². The van der Waals surface area contributed by atoms with Crippen molar-refractivity contribution in [1.29, 1.82) is 0 Å². The Morgan fingerprint density at radius 3 is 2.68 bits per heavy atom. The van der Waals surface area contributed by atoms with Gasteiger partial charge in [0.05, 0.1) is 6.54 Å². The lowest BCUT2D eigenvalue weighted by atomic mass is 9.88. The van der Waals surface area contributed by atoms with Crippen molar-refractivity contribution in [3.8, 4) is 0 Å². The van der Waals surface area contributed by atoms with E-state index in [-0.39, 0.29) is 24.2 Å². The zero-order chi connectivity index (χ0) is 14.7. The Labute approximate surface area is 136 Å². The molecule has 1 saturated heterocycles. The van der Waals surface area contributed by atoms with Crippen LogP contribution in [0, 0.1) is 11.8 Å². The van der Waals surface area contributed by atoms with Crippen molar-refractivity contribution in [2.75, 3.05) is 18.4 Å². The maximum absolute atomic E-state index is 12.1. The Morgan fingerprint density at radius 2 is 2.14 bits per heavy atom. The summed E-state index contributed by atoms with van der Waals surface area (Å²) >= 11 is 0. The molecule has 22 heavy (non-hydrogen) atoms. The van der Waals surface area contributed by atoms with Crippen molar-refractivity contribution in [2.24, 2.45) is 11.8 Å². The summed E-state index contributed by atoms with van der Waals surface area (Å²) in [4.78, 5) is 12.1. The molecule has 2 heterocycles. The predicted molar refractivity (Wildman–Crippen MR) is 89.2 cm³/mol. The molecule has 0 radical (unpaired) electrons. The molecule has 1 aliphatic heterocycles. The van der Waals surface area contributed by atoms with E-state index >= 15 is 0 Å². The molecule has 0 bridgehead atoms. The summed E-state index contributed by atoms with van der Waals surface area (Å²) in [6.07, 6.45) is 3.70. The zero-order valence-electron chi connectivity index (χ0n) is 12.5. The number of hydrogen-bond donors (Lipinski definition) is 2. The summed E-state index contributed by atoms with van der Waals surface area (Å²) in [6, 6.07) is 9.84. The second-order valence-corrected chi connectivity index (χ2v) is 5.60. The van der Waals surface area contributed by atoms with Crippen LogP contribution >= 0.6 is 12.4 Å². The molecule has 6 heteroatoms. The maximum atomic E-state index is 12.1. The topological polar surface area (TPSA) is 59.0 Å². The number of halogens is 1. The highest BCUT2D eigenvalue weighted by atomic mass is 35.5. The van der Waals surface area contributed by atoms with Crippen molar-refractivity contribution >= 4 is 24.0 Å². The van der Waals surface area contributed by atoms with E-state index in [0.29, 0.717) is 5.92 Å². The van der Waals surface area contributed by atoms with Gasteiger partial charge in [0.25, 0.3) is 0 Å². The van der Waals surface area contributed by atoms with E-state index in [1.165, 1.54) is 0 Å². The number of rotatable bonds is 5. The molecule has 2 aromatic rings. The number of carbonyl (C=O) groups is 1. The van der Waals surface area contributed by atoms with Gasteiger partial charge in [-0.25, -0.2) is 0 Å². The first-order valence-corrected chi connectivity index (χ1v) is 7.30. The summed E-state index contributed by atoms with van der Waals surface area (Å²) in [5.41, 5.74) is 2.01. The predicted octanol–water partition coefficient (Wildman–Crippen LogP) is 2.15. The summed E-state index contributed by atoms with van der Waals surface area (Å²) in [6.45, 7) is 4.62. The van der Waals surface area contributed by atoms with Crippen molar-refractivity contribution in [1.82, 2.24) is 15.1 Å². The second kappa shape index (κ2) is 7.42. The highest BCUT2D eigenvalue weighted by molar-refractivity contribution is 5.92. The average Bonchev–Trinajstić information content (AvgIpc) is 2.92. The largest absolute Gasteiger partial charge is 0.326 e. The summed E-state index contributed by atoms with van der Waals surface area (Å²) in [7, 11) is 0. The van der Waals surface area contributed by atoms with E-state index in [1.807, 2.05) is 48.1 Å². The van der Waals surface area contributed by atoms with Gasteiger partial charge >= 0.3 is 0 Å². The van der Waals surface area contributed by atoms with Gasteiger partial charge in [-0.3, -0.25) is 9.48 Å². The van der Waals surface area contributed by atoms with E-state index in [0.717, 1.165) is 30.9 Å². The third-order valence-electron chi connectivity index (χ3n) is 4.06. The quantitative estimate of drug-likeness (QED) is 0.887. The van der Waals surface area contributed by atoms with Gasteiger partial charge in [0.2, 0.25) is 5.91 Å². The number of nitrogens with zero attached hydrogens (tertiary/aromatic N) is 2. The van der Waals surface area contributed by atoms with Crippen LogP contribution in [0.25, 0.3) is 0 Å². The van der Waals surface area contributed by atoms with Crippen LogP contribution in [0.3, 0.4) is 0 Å². The molecular weight excluding hydrogens is 300 g/mol. The lowest BCUT2D eigenvalue weighted by molar-refractivity contribution is -0.121. The van der Waals surface area contributed by atoms with Crippen molar-refractivity contribution in [2.45, 2.75) is 13.5 Å². The molecular formula is C16H21ClN4O. The van der Waals surface area contributed by atoms with E-state index in [4.69, 9.17) is 0 Å². The van der Waals surface area contributed by atoms with Crippen LogP contribution < -0.4 is 10.6 Å². The van der Waals surface area contributed by atoms with Gasteiger partial charge in [0.15, 0.2) is 0 Å². The highest BCUT2D eigenvalue weighted by Gasteiger charge is 2.28. The van der Waals surface area contributed by atoms with E-state index in [1.54, 1.807) is 6.20 Å². The van der Waals surface area contributed by atoms with Gasteiger partial charge in [-0.05, 0) is 42.8 Å². The lowest BCUT2D eigenvalue weighted by Crippen LogP contribution is -2.48. The molecule has 0 saturated carbocycles. The minimum atomic E-state index is 0. The van der Waals surface area contributed by atoms with Gasteiger partial charge in [0, 0.05) is 24.0 Å². The molecule has 0 spiro atoms. The van der Waals surface area contributed by atoms with Gasteiger partial charge in [-0.2, -0.15) is 5.10 Å². The number of anilines is 1. The number of hydrogen-bond acceptors (Lipinski definition) is 3. The van der Waals surface area contributed by atoms with E-state index < -0.39 is 0 Å². The number of amides is 1. The molecule has 1 unspecified atom stereocenters. The minimum absolute atomic E-state index is 0. The molecule has 1 fully saturated rings.